The second kappa shape index (κ2) is 10.5. The van der Waals surface area contributed by atoms with Crippen molar-refractivity contribution in [2.24, 2.45) is 0 Å². The van der Waals surface area contributed by atoms with Gasteiger partial charge in [-0.3, -0.25) is 0 Å². The topological polar surface area (TPSA) is 112 Å². The number of anilines is 1. The molecule has 4 rings (SSSR count). The van der Waals surface area contributed by atoms with Gasteiger partial charge in [-0.2, -0.15) is 14.9 Å². The van der Waals surface area contributed by atoms with E-state index in [0.29, 0.717) is 41.3 Å². The molecule has 0 aliphatic carbocycles. The molecule has 0 atom stereocenters. The maximum atomic E-state index is 12.4. The van der Waals surface area contributed by atoms with Gasteiger partial charge in [0.05, 0.1) is 32.9 Å². The van der Waals surface area contributed by atoms with Gasteiger partial charge in [0.15, 0.2) is 5.65 Å². The maximum Gasteiger partial charge on any atom is 0.240 e. The van der Waals surface area contributed by atoms with E-state index in [1.165, 1.54) is 12.1 Å². The molecule has 2 heterocycles. The number of aromatic nitrogens is 3. The summed E-state index contributed by atoms with van der Waals surface area (Å²) in [7, 11) is -3.66. The molecule has 0 unspecified atom stereocenters. The van der Waals surface area contributed by atoms with Crippen molar-refractivity contribution in [3.63, 3.8) is 0 Å². The second-order valence-corrected chi connectivity index (χ2v) is 10.4. The monoisotopic (exact) mass is 558 g/mol. The van der Waals surface area contributed by atoms with Crippen molar-refractivity contribution in [1.82, 2.24) is 19.3 Å². The molecule has 0 saturated carbocycles. The zero-order chi connectivity index (χ0) is 24.1. The Morgan fingerprint density at radius 2 is 1.88 bits per heavy atom. The zero-order valence-corrected chi connectivity index (χ0v) is 21.0. The highest BCUT2D eigenvalue weighted by Crippen LogP contribution is 2.30. The van der Waals surface area contributed by atoms with Gasteiger partial charge in [0.2, 0.25) is 10.0 Å². The molecule has 0 radical (unpaired) electrons. The number of nitrogens with one attached hydrogen (secondary N) is 2. The van der Waals surface area contributed by atoms with Crippen LogP contribution in [0.4, 0.5) is 5.82 Å². The Kier molecular flexibility index (Phi) is 7.48. The third-order valence-corrected chi connectivity index (χ3v) is 7.40. The van der Waals surface area contributed by atoms with E-state index >= 15 is 0 Å². The molecule has 0 spiro atoms. The number of nitriles is 1. The van der Waals surface area contributed by atoms with Crippen LogP contribution in [0.25, 0.3) is 16.9 Å². The highest BCUT2D eigenvalue weighted by atomic mass is 79.9. The number of fused-ring (bicyclic) bond motifs is 1. The normalized spacial score (nSPS) is 11.4. The molecule has 0 bridgehead atoms. The zero-order valence-electron chi connectivity index (χ0n) is 17.9. The lowest BCUT2D eigenvalue weighted by Crippen LogP contribution is -2.25. The average Bonchev–Trinajstić information content (AvgIpc) is 3.22. The van der Waals surface area contributed by atoms with E-state index in [-0.39, 0.29) is 11.4 Å². The van der Waals surface area contributed by atoms with Crippen LogP contribution in [0.5, 0.6) is 0 Å². The van der Waals surface area contributed by atoms with Crippen molar-refractivity contribution in [2.75, 3.05) is 18.4 Å². The van der Waals surface area contributed by atoms with Crippen LogP contribution in [0.3, 0.4) is 0 Å². The molecule has 8 nitrogen and oxygen atoms in total. The van der Waals surface area contributed by atoms with Gasteiger partial charge >= 0.3 is 0 Å². The number of nitrogens with zero attached hydrogens (tertiary/aromatic N) is 4. The minimum absolute atomic E-state index is 0.0835. The fourth-order valence-corrected chi connectivity index (χ4v) is 5.06. The van der Waals surface area contributed by atoms with Gasteiger partial charge in [0.25, 0.3) is 0 Å². The number of unbranched alkanes of at least 4 members (excludes halogenated alkanes) is 1. The molecule has 0 aliphatic rings. The van der Waals surface area contributed by atoms with E-state index in [0.717, 1.165) is 15.9 Å². The van der Waals surface area contributed by atoms with Crippen molar-refractivity contribution in [3.05, 3.63) is 75.9 Å². The molecule has 2 aromatic carbocycles. The number of hydrogen-bond acceptors (Lipinski definition) is 6. The molecule has 0 amide bonds. The molecule has 4 aromatic rings. The maximum absolute atomic E-state index is 12.4. The van der Waals surface area contributed by atoms with Crippen LogP contribution in [0.15, 0.2) is 70.2 Å². The molecule has 0 saturated heterocycles. The standard InChI is InChI=1S/C23H20BrClN6O2S/c24-19-15-28-31-22(13-21(30-23(19)31)18-8-1-2-9-20(18)25)27-10-3-4-11-29-34(32,33)17-7-5-6-16(12-17)14-26/h1-2,5-9,12-13,15,27,29H,3-4,10-11H2. The van der Waals surface area contributed by atoms with E-state index in [1.54, 1.807) is 22.8 Å². The van der Waals surface area contributed by atoms with Crippen molar-refractivity contribution >= 4 is 49.0 Å². The number of hydrogen-bond donors (Lipinski definition) is 2. The molecule has 0 aliphatic heterocycles. The summed E-state index contributed by atoms with van der Waals surface area (Å²) in [4.78, 5) is 4.77. The number of rotatable bonds is 9. The van der Waals surface area contributed by atoms with Gasteiger partial charge in [0, 0.05) is 29.7 Å². The summed E-state index contributed by atoms with van der Waals surface area (Å²) in [6.07, 6.45) is 3.02. The first kappa shape index (κ1) is 24.2. The Balaban J connectivity index is 1.38. The highest BCUT2D eigenvalue weighted by Gasteiger charge is 2.15. The summed E-state index contributed by atoms with van der Waals surface area (Å²) in [5, 5.41) is 17.3. The first-order valence-corrected chi connectivity index (χ1v) is 13.1. The van der Waals surface area contributed by atoms with E-state index in [2.05, 4.69) is 36.1 Å². The summed E-state index contributed by atoms with van der Waals surface area (Å²) in [6.45, 7) is 0.884. The Morgan fingerprint density at radius 3 is 2.68 bits per heavy atom. The van der Waals surface area contributed by atoms with Crippen molar-refractivity contribution < 1.29 is 8.42 Å². The number of sulfonamides is 1. The lowest BCUT2D eigenvalue weighted by atomic mass is 10.1. The van der Waals surface area contributed by atoms with Crippen LogP contribution in [-0.4, -0.2) is 36.1 Å². The van der Waals surface area contributed by atoms with Crippen molar-refractivity contribution in [3.8, 4) is 17.3 Å². The molecule has 0 fully saturated rings. The van der Waals surface area contributed by atoms with Gasteiger partial charge in [-0.15, -0.1) is 0 Å². The Morgan fingerprint density at radius 1 is 1.09 bits per heavy atom. The lowest BCUT2D eigenvalue weighted by molar-refractivity contribution is 0.577. The largest absolute Gasteiger partial charge is 0.370 e. The van der Waals surface area contributed by atoms with Crippen molar-refractivity contribution in [1.29, 1.82) is 5.26 Å². The average molecular weight is 560 g/mol. The summed E-state index contributed by atoms with van der Waals surface area (Å²) >= 11 is 9.85. The molecule has 2 aromatic heterocycles. The summed E-state index contributed by atoms with van der Waals surface area (Å²) in [5.74, 6) is 0.750. The third kappa shape index (κ3) is 5.39. The fraction of sp³-hybridized carbons (Fsp3) is 0.174. The SMILES string of the molecule is N#Cc1cccc(S(=O)(=O)NCCCCNc2cc(-c3ccccc3Cl)nc3c(Br)cnn23)c1. The Bertz CT molecular complexity index is 1480. The molecule has 34 heavy (non-hydrogen) atoms. The summed E-state index contributed by atoms with van der Waals surface area (Å²) in [6, 6.07) is 17.3. The number of halogens is 2. The fourth-order valence-electron chi connectivity index (χ4n) is 3.36. The van der Waals surface area contributed by atoms with Gasteiger partial charge in [-0.1, -0.05) is 35.9 Å². The highest BCUT2D eigenvalue weighted by molar-refractivity contribution is 9.10. The van der Waals surface area contributed by atoms with Gasteiger partial charge < -0.3 is 5.32 Å². The summed E-state index contributed by atoms with van der Waals surface area (Å²) in [5.41, 5.74) is 2.50. The molecular formula is C23H20BrClN6O2S. The van der Waals surface area contributed by atoms with Crippen LogP contribution in [0, 0.1) is 11.3 Å². The summed E-state index contributed by atoms with van der Waals surface area (Å²) < 4.78 is 29.9. The van der Waals surface area contributed by atoms with E-state index in [1.807, 2.05) is 36.4 Å². The van der Waals surface area contributed by atoms with Crippen LogP contribution in [-0.2, 0) is 10.0 Å². The van der Waals surface area contributed by atoms with Gasteiger partial charge in [-0.05, 0) is 53.0 Å². The molecule has 174 valence electrons. The van der Waals surface area contributed by atoms with Gasteiger partial charge in [0.1, 0.15) is 5.82 Å². The first-order valence-electron chi connectivity index (χ1n) is 10.4. The predicted molar refractivity (Wildman–Crippen MR) is 135 cm³/mol. The minimum atomic E-state index is -3.66. The van der Waals surface area contributed by atoms with Crippen LogP contribution >= 0.6 is 27.5 Å². The number of benzene rings is 2. The minimum Gasteiger partial charge on any atom is -0.370 e. The molecule has 11 heteroatoms. The van der Waals surface area contributed by atoms with Gasteiger partial charge in [-0.25, -0.2) is 18.1 Å². The van der Waals surface area contributed by atoms with Crippen molar-refractivity contribution in [2.45, 2.75) is 17.7 Å². The quantitative estimate of drug-likeness (QED) is 0.283. The van der Waals surface area contributed by atoms with E-state index in [9.17, 15) is 8.42 Å². The Hall–Kier alpha value is -2.97. The first-order chi connectivity index (χ1) is 16.4. The molecular weight excluding hydrogens is 540 g/mol. The smallest absolute Gasteiger partial charge is 0.240 e. The van der Waals surface area contributed by atoms with Crippen LogP contribution in [0.1, 0.15) is 18.4 Å². The Labute approximate surface area is 210 Å². The van der Waals surface area contributed by atoms with Crippen LogP contribution < -0.4 is 10.0 Å². The van der Waals surface area contributed by atoms with Crippen LogP contribution in [0.2, 0.25) is 5.02 Å². The molecule has 2 N–H and O–H groups in total. The van der Waals surface area contributed by atoms with E-state index < -0.39 is 10.0 Å². The lowest BCUT2D eigenvalue weighted by Gasteiger charge is -2.12. The third-order valence-electron chi connectivity index (χ3n) is 5.05. The predicted octanol–water partition coefficient (Wildman–Crippen LogP) is 4.85. The second-order valence-electron chi connectivity index (χ2n) is 7.41. The van der Waals surface area contributed by atoms with E-state index in [4.69, 9.17) is 16.9 Å².